The SMILES string of the molecule is CC(O)CCCN=C(N)N=C(N)N. The molecule has 1 atom stereocenters. The number of hydrogen-bond donors (Lipinski definition) is 4. The zero-order valence-corrected chi connectivity index (χ0v) is 7.77. The average molecular weight is 187 g/mol. The minimum absolute atomic E-state index is 0.0746. The number of aliphatic hydroxyl groups is 1. The Bertz CT molecular complexity index is 195. The zero-order chi connectivity index (χ0) is 10.3. The van der Waals surface area contributed by atoms with E-state index in [1.54, 1.807) is 6.92 Å². The van der Waals surface area contributed by atoms with Gasteiger partial charge in [-0.2, -0.15) is 4.99 Å². The van der Waals surface area contributed by atoms with Crippen LogP contribution in [0.2, 0.25) is 0 Å². The highest BCUT2D eigenvalue weighted by Gasteiger charge is 1.94. The molecule has 0 spiro atoms. The molecular weight excluding hydrogens is 170 g/mol. The highest BCUT2D eigenvalue weighted by Crippen LogP contribution is 1.95. The molecule has 6 heteroatoms. The van der Waals surface area contributed by atoms with E-state index in [0.717, 1.165) is 6.42 Å². The van der Waals surface area contributed by atoms with E-state index in [-0.39, 0.29) is 18.0 Å². The molecule has 0 radical (unpaired) electrons. The first-order chi connectivity index (χ1) is 6.02. The predicted molar refractivity (Wildman–Crippen MR) is 53.2 cm³/mol. The Balaban J connectivity index is 3.66. The zero-order valence-electron chi connectivity index (χ0n) is 7.77. The van der Waals surface area contributed by atoms with E-state index in [2.05, 4.69) is 9.98 Å². The Morgan fingerprint density at radius 3 is 2.46 bits per heavy atom. The van der Waals surface area contributed by atoms with Gasteiger partial charge in [-0.15, -0.1) is 0 Å². The van der Waals surface area contributed by atoms with Gasteiger partial charge in [-0.05, 0) is 19.8 Å². The van der Waals surface area contributed by atoms with Gasteiger partial charge in [0.15, 0.2) is 5.96 Å². The fourth-order valence-corrected chi connectivity index (χ4v) is 0.748. The Hall–Kier alpha value is -1.30. The van der Waals surface area contributed by atoms with Crippen molar-refractivity contribution in [2.75, 3.05) is 6.54 Å². The molecule has 6 nitrogen and oxygen atoms in total. The Morgan fingerprint density at radius 2 is 2.00 bits per heavy atom. The Kier molecular flexibility index (Phi) is 5.62. The summed E-state index contributed by atoms with van der Waals surface area (Å²) in [5, 5.41) is 8.92. The lowest BCUT2D eigenvalue weighted by Gasteiger charge is -2.00. The summed E-state index contributed by atoms with van der Waals surface area (Å²) in [5.41, 5.74) is 15.5. The summed E-state index contributed by atoms with van der Waals surface area (Å²) < 4.78 is 0. The third-order valence-electron chi connectivity index (χ3n) is 1.30. The highest BCUT2D eigenvalue weighted by atomic mass is 16.3. The van der Waals surface area contributed by atoms with Gasteiger partial charge < -0.3 is 22.3 Å². The molecule has 0 aromatic heterocycles. The van der Waals surface area contributed by atoms with Crippen LogP contribution in [0.4, 0.5) is 0 Å². The first-order valence-electron chi connectivity index (χ1n) is 4.10. The first kappa shape index (κ1) is 11.7. The first-order valence-corrected chi connectivity index (χ1v) is 4.10. The minimum Gasteiger partial charge on any atom is -0.393 e. The molecule has 0 saturated carbocycles. The molecule has 0 saturated heterocycles. The maximum atomic E-state index is 8.92. The molecule has 0 heterocycles. The van der Waals surface area contributed by atoms with Crippen molar-refractivity contribution >= 4 is 11.9 Å². The largest absolute Gasteiger partial charge is 0.393 e. The number of nitrogens with two attached hydrogens (primary N) is 3. The summed E-state index contributed by atoms with van der Waals surface area (Å²) >= 11 is 0. The van der Waals surface area contributed by atoms with Crippen molar-refractivity contribution in [1.82, 2.24) is 0 Å². The summed E-state index contributed by atoms with van der Waals surface area (Å²) in [6.07, 6.45) is 1.15. The number of aliphatic hydroxyl groups excluding tert-OH is 1. The van der Waals surface area contributed by atoms with Crippen LogP contribution in [0, 0.1) is 0 Å². The van der Waals surface area contributed by atoms with Crippen LogP contribution in [0.1, 0.15) is 19.8 Å². The molecule has 1 unspecified atom stereocenters. The molecule has 76 valence electrons. The molecule has 0 aliphatic rings. The van der Waals surface area contributed by atoms with Gasteiger partial charge in [-0.3, -0.25) is 4.99 Å². The lowest BCUT2D eigenvalue weighted by atomic mass is 10.2. The van der Waals surface area contributed by atoms with E-state index in [0.29, 0.717) is 13.0 Å². The van der Waals surface area contributed by atoms with Crippen molar-refractivity contribution in [3.63, 3.8) is 0 Å². The van der Waals surface area contributed by atoms with Crippen molar-refractivity contribution < 1.29 is 5.11 Å². The summed E-state index contributed by atoms with van der Waals surface area (Å²) in [6.45, 7) is 2.25. The van der Waals surface area contributed by atoms with Crippen LogP contribution in [0.15, 0.2) is 9.98 Å². The molecule has 0 fully saturated rings. The topological polar surface area (TPSA) is 123 Å². The van der Waals surface area contributed by atoms with E-state index in [1.807, 2.05) is 0 Å². The summed E-state index contributed by atoms with van der Waals surface area (Å²) in [5.74, 6) is -0.0256. The number of aliphatic imine (C=N–C) groups is 2. The molecule has 7 N–H and O–H groups in total. The van der Waals surface area contributed by atoms with Crippen LogP contribution in [0.5, 0.6) is 0 Å². The third-order valence-corrected chi connectivity index (χ3v) is 1.30. The minimum atomic E-state index is -0.306. The van der Waals surface area contributed by atoms with Crippen molar-refractivity contribution in [1.29, 1.82) is 0 Å². The van der Waals surface area contributed by atoms with Crippen LogP contribution in [-0.2, 0) is 0 Å². The highest BCUT2D eigenvalue weighted by molar-refractivity contribution is 5.92. The fraction of sp³-hybridized carbons (Fsp3) is 0.714. The second-order valence-electron chi connectivity index (χ2n) is 2.77. The van der Waals surface area contributed by atoms with Crippen LogP contribution in [-0.4, -0.2) is 29.7 Å². The van der Waals surface area contributed by atoms with Crippen LogP contribution < -0.4 is 17.2 Å². The Morgan fingerprint density at radius 1 is 1.38 bits per heavy atom. The summed E-state index contributed by atoms with van der Waals surface area (Å²) in [6, 6.07) is 0. The fourth-order valence-electron chi connectivity index (χ4n) is 0.748. The van der Waals surface area contributed by atoms with Crippen LogP contribution in [0.25, 0.3) is 0 Å². The molecule has 0 aromatic rings. The normalized spacial score (nSPS) is 13.8. The Labute approximate surface area is 77.5 Å². The monoisotopic (exact) mass is 187 g/mol. The van der Waals surface area contributed by atoms with E-state index < -0.39 is 0 Å². The number of nitrogens with zero attached hydrogens (tertiary/aromatic N) is 2. The summed E-state index contributed by atoms with van der Waals surface area (Å²) in [7, 11) is 0. The van der Waals surface area contributed by atoms with Gasteiger partial charge in [0.1, 0.15) is 0 Å². The average Bonchev–Trinajstić information content (AvgIpc) is 1.96. The standard InChI is InChI=1S/C7H17N5O/c1-5(13)3-2-4-11-7(10)12-6(8)9/h5,13H,2-4H2,1H3,(H6,8,9,10,11,12). The van der Waals surface area contributed by atoms with Crippen molar-refractivity contribution in [2.24, 2.45) is 27.2 Å². The lowest BCUT2D eigenvalue weighted by Crippen LogP contribution is -2.26. The van der Waals surface area contributed by atoms with Gasteiger partial charge in [-0.25, -0.2) is 0 Å². The van der Waals surface area contributed by atoms with Crippen molar-refractivity contribution in [2.45, 2.75) is 25.9 Å². The van der Waals surface area contributed by atoms with Gasteiger partial charge in [0.25, 0.3) is 0 Å². The molecule has 0 rings (SSSR count). The van der Waals surface area contributed by atoms with E-state index >= 15 is 0 Å². The molecule has 0 aliphatic heterocycles. The lowest BCUT2D eigenvalue weighted by molar-refractivity contribution is 0.182. The second-order valence-corrected chi connectivity index (χ2v) is 2.77. The van der Waals surface area contributed by atoms with Crippen molar-refractivity contribution in [3.05, 3.63) is 0 Å². The van der Waals surface area contributed by atoms with Crippen LogP contribution >= 0.6 is 0 Å². The van der Waals surface area contributed by atoms with Gasteiger partial charge in [-0.1, -0.05) is 0 Å². The quantitative estimate of drug-likeness (QED) is 0.249. The molecule has 0 amide bonds. The van der Waals surface area contributed by atoms with Crippen LogP contribution in [0.3, 0.4) is 0 Å². The maximum Gasteiger partial charge on any atom is 0.218 e. The number of hydrogen-bond acceptors (Lipinski definition) is 2. The van der Waals surface area contributed by atoms with E-state index in [1.165, 1.54) is 0 Å². The summed E-state index contributed by atoms with van der Waals surface area (Å²) in [4.78, 5) is 7.40. The van der Waals surface area contributed by atoms with E-state index in [4.69, 9.17) is 22.3 Å². The maximum absolute atomic E-state index is 8.92. The van der Waals surface area contributed by atoms with Gasteiger partial charge in [0, 0.05) is 6.54 Å². The molecular formula is C7H17N5O. The van der Waals surface area contributed by atoms with Crippen molar-refractivity contribution in [3.8, 4) is 0 Å². The van der Waals surface area contributed by atoms with Gasteiger partial charge >= 0.3 is 0 Å². The number of rotatable bonds is 4. The smallest absolute Gasteiger partial charge is 0.218 e. The second kappa shape index (κ2) is 6.24. The predicted octanol–water partition coefficient (Wildman–Crippen LogP) is -1.26. The molecule has 0 aromatic carbocycles. The molecule has 0 aliphatic carbocycles. The van der Waals surface area contributed by atoms with Gasteiger partial charge in [0.05, 0.1) is 6.10 Å². The number of guanidine groups is 2. The molecule has 0 bridgehead atoms. The van der Waals surface area contributed by atoms with E-state index in [9.17, 15) is 0 Å². The third kappa shape index (κ3) is 8.61. The van der Waals surface area contributed by atoms with Gasteiger partial charge in [0.2, 0.25) is 5.96 Å². The molecule has 13 heavy (non-hydrogen) atoms.